The lowest BCUT2D eigenvalue weighted by Crippen LogP contribution is -1.88. The minimum absolute atomic E-state index is 0.218. The molecule has 0 aromatic heterocycles. The Morgan fingerprint density at radius 3 is 1.36 bits per heavy atom. The Morgan fingerprint density at radius 1 is 0.476 bits per heavy atom. The average Bonchev–Trinajstić information content (AvgIpc) is 3.03. The van der Waals surface area contributed by atoms with Crippen LogP contribution in [-0.4, -0.2) is 34.1 Å². The fourth-order valence-corrected chi connectivity index (χ4v) is 6.78. The highest BCUT2D eigenvalue weighted by atomic mass is 32.2. The van der Waals surface area contributed by atoms with E-state index in [9.17, 15) is 10.2 Å². The molecule has 6 aromatic rings. The highest BCUT2D eigenvalue weighted by Gasteiger charge is 2.08. The van der Waals surface area contributed by atoms with E-state index in [2.05, 4.69) is 12.1 Å². The molecule has 0 saturated carbocycles. The number of para-hydroxylation sites is 2. The molecule has 6 rings (SSSR count). The summed E-state index contributed by atoms with van der Waals surface area (Å²) >= 11 is 3.52. The van der Waals surface area contributed by atoms with E-state index in [1.54, 1.807) is 48.1 Å². The van der Waals surface area contributed by atoms with Crippen LogP contribution in [0.2, 0.25) is 0 Å². The van der Waals surface area contributed by atoms with Gasteiger partial charge in [0.25, 0.3) is 0 Å². The van der Waals surface area contributed by atoms with Crippen molar-refractivity contribution in [3.05, 3.63) is 132 Å². The first-order chi connectivity index (χ1) is 20.7. The molecule has 0 amide bonds. The Balaban J connectivity index is 1.14. The van der Waals surface area contributed by atoms with Gasteiger partial charge >= 0.3 is 0 Å². The normalized spacial score (nSPS) is 11.7. The van der Waals surface area contributed by atoms with Crippen LogP contribution in [0.1, 0.15) is 11.1 Å². The number of phenolic OH excluding ortho intramolecular Hbond substituents is 2. The number of aromatic hydroxyl groups is 2. The number of nitrogens with zero attached hydrogens (tertiary/aromatic N) is 2. The molecule has 206 valence electrons. The maximum atomic E-state index is 10.5. The van der Waals surface area contributed by atoms with Gasteiger partial charge in [0.1, 0.15) is 11.5 Å². The number of rotatable bonds is 9. The Kier molecular flexibility index (Phi) is 8.54. The average molecular weight is 585 g/mol. The summed E-state index contributed by atoms with van der Waals surface area (Å²) in [5, 5.41) is 25.1. The monoisotopic (exact) mass is 584 g/mol. The molecule has 0 saturated heterocycles. The van der Waals surface area contributed by atoms with Crippen molar-refractivity contribution in [3.8, 4) is 11.5 Å². The van der Waals surface area contributed by atoms with Crippen molar-refractivity contribution in [1.29, 1.82) is 0 Å². The van der Waals surface area contributed by atoms with Crippen LogP contribution in [0.3, 0.4) is 0 Å². The number of aliphatic imine (C=N–C) groups is 2. The Bertz CT molecular complexity index is 1790. The van der Waals surface area contributed by atoms with Crippen molar-refractivity contribution >= 4 is 68.9 Å². The molecule has 42 heavy (non-hydrogen) atoms. The van der Waals surface area contributed by atoms with E-state index < -0.39 is 0 Å². The first-order valence-corrected chi connectivity index (χ1v) is 15.6. The predicted molar refractivity (Wildman–Crippen MR) is 180 cm³/mol. The summed E-state index contributed by atoms with van der Waals surface area (Å²) in [7, 11) is 0. The van der Waals surface area contributed by atoms with Crippen LogP contribution >= 0.6 is 23.5 Å². The molecule has 6 aromatic carbocycles. The molecular formula is C36H28N2O2S2. The lowest BCUT2D eigenvalue weighted by Gasteiger charge is -2.08. The lowest BCUT2D eigenvalue weighted by atomic mass is 10.0. The van der Waals surface area contributed by atoms with Crippen LogP contribution < -0.4 is 0 Å². The minimum atomic E-state index is 0.218. The number of phenols is 2. The van der Waals surface area contributed by atoms with Crippen LogP contribution in [0.15, 0.2) is 141 Å². The highest BCUT2D eigenvalue weighted by Crippen LogP contribution is 2.35. The summed E-state index contributed by atoms with van der Waals surface area (Å²) in [6.45, 7) is 0. The minimum Gasteiger partial charge on any atom is -0.507 e. The van der Waals surface area contributed by atoms with E-state index >= 15 is 0 Å². The second-order valence-electron chi connectivity index (χ2n) is 9.59. The van der Waals surface area contributed by atoms with Crippen molar-refractivity contribution in [3.63, 3.8) is 0 Å². The van der Waals surface area contributed by atoms with Gasteiger partial charge in [-0.15, -0.1) is 23.5 Å². The maximum absolute atomic E-state index is 10.5. The molecule has 2 N–H and O–H groups in total. The molecule has 0 bridgehead atoms. The van der Waals surface area contributed by atoms with Crippen LogP contribution in [0.4, 0.5) is 11.4 Å². The number of benzene rings is 6. The molecule has 0 heterocycles. The molecule has 0 fully saturated rings. The van der Waals surface area contributed by atoms with Crippen molar-refractivity contribution in [2.24, 2.45) is 9.98 Å². The number of hydrogen-bond donors (Lipinski definition) is 2. The molecule has 0 atom stereocenters. The van der Waals surface area contributed by atoms with Gasteiger partial charge in [0.2, 0.25) is 0 Å². The van der Waals surface area contributed by atoms with E-state index in [-0.39, 0.29) is 11.5 Å². The van der Waals surface area contributed by atoms with Gasteiger partial charge in [0, 0.05) is 44.9 Å². The largest absolute Gasteiger partial charge is 0.507 e. The maximum Gasteiger partial charge on any atom is 0.124 e. The first-order valence-electron chi connectivity index (χ1n) is 13.6. The Labute approximate surface area is 253 Å². The molecule has 0 aliphatic carbocycles. The molecule has 4 nitrogen and oxygen atoms in total. The van der Waals surface area contributed by atoms with E-state index in [4.69, 9.17) is 9.98 Å². The van der Waals surface area contributed by atoms with Crippen LogP contribution in [-0.2, 0) is 0 Å². The summed E-state index contributed by atoms with van der Waals surface area (Å²) in [6.07, 6.45) is 3.52. The van der Waals surface area contributed by atoms with Gasteiger partial charge in [-0.25, -0.2) is 0 Å². The zero-order valence-electron chi connectivity index (χ0n) is 22.7. The van der Waals surface area contributed by atoms with Crippen molar-refractivity contribution in [1.82, 2.24) is 0 Å². The second kappa shape index (κ2) is 13.0. The van der Waals surface area contributed by atoms with Crippen molar-refractivity contribution < 1.29 is 10.2 Å². The summed E-state index contributed by atoms with van der Waals surface area (Å²) < 4.78 is 0. The van der Waals surface area contributed by atoms with Gasteiger partial charge in [0.15, 0.2) is 0 Å². The van der Waals surface area contributed by atoms with E-state index in [1.807, 2.05) is 97.1 Å². The van der Waals surface area contributed by atoms with E-state index in [0.29, 0.717) is 0 Å². The molecule has 6 heteroatoms. The topological polar surface area (TPSA) is 65.2 Å². The fourth-order valence-electron chi connectivity index (χ4n) is 4.78. The van der Waals surface area contributed by atoms with Gasteiger partial charge in [-0.3, -0.25) is 9.98 Å². The zero-order valence-corrected chi connectivity index (χ0v) is 24.4. The Hall–Kier alpha value is -4.52. The summed E-state index contributed by atoms with van der Waals surface area (Å²) in [4.78, 5) is 11.7. The SMILES string of the molecule is Oc1ccc2ccccc2c1C=Nc1ccccc1SCCSc1ccccc1N=Cc1c(O)ccc2ccccc12. The zero-order chi connectivity index (χ0) is 28.7. The van der Waals surface area contributed by atoms with Gasteiger partial charge in [-0.2, -0.15) is 0 Å². The summed E-state index contributed by atoms with van der Waals surface area (Å²) in [6, 6.07) is 39.4. The van der Waals surface area contributed by atoms with Gasteiger partial charge in [-0.05, 0) is 57.9 Å². The molecule has 0 radical (unpaired) electrons. The van der Waals surface area contributed by atoms with E-state index in [0.717, 1.165) is 65.3 Å². The fraction of sp³-hybridized carbons (Fsp3) is 0.0556. The highest BCUT2D eigenvalue weighted by molar-refractivity contribution is 8.03. The molecular weight excluding hydrogens is 557 g/mol. The molecule has 0 aliphatic heterocycles. The number of thioether (sulfide) groups is 2. The van der Waals surface area contributed by atoms with Gasteiger partial charge < -0.3 is 10.2 Å². The van der Waals surface area contributed by atoms with Crippen LogP contribution in [0, 0.1) is 0 Å². The third-order valence-electron chi connectivity index (χ3n) is 6.89. The Morgan fingerprint density at radius 2 is 0.881 bits per heavy atom. The third kappa shape index (κ3) is 6.20. The molecule has 0 aliphatic rings. The van der Waals surface area contributed by atoms with Crippen LogP contribution in [0.25, 0.3) is 21.5 Å². The standard InChI is InChI=1S/C36H28N2O2S2/c39-33-19-17-25-9-1-3-11-27(25)29(33)23-37-31-13-5-7-15-35(31)41-21-22-42-36-16-8-6-14-32(36)38-24-30-28-12-4-2-10-26(28)18-20-34(30)40/h1-20,23-24,39-40H,21-22H2. The lowest BCUT2D eigenvalue weighted by molar-refractivity contribution is 0.475. The van der Waals surface area contributed by atoms with Gasteiger partial charge in [-0.1, -0.05) is 84.9 Å². The quantitative estimate of drug-likeness (QED) is 0.101. The molecule has 0 spiro atoms. The second-order valence-corrected chi connectivity index (χ2v) is 11.9. The third-order valence-corrected chi connectivity index (χ3v) is 9.28. The summed E-state index contributed by atoms with van der Waals surface area (Å²) in [5.74, 6) is 2.21. The first kappa shape index (κ1) is 27.6. The van der Waals surface area contributed by atoms with Crippen molar-refractivity contribution in [2.45, 2.75) is 9.79 Å². The van der Waals surface area contributed by atoms with Crippen LogP contribution in [0.5, 0.6) is 11.5 Å². The number of hydrogen-bond acceptors (Lipinski definition) is 6. The summed E-state index contributed by atoms with van der Waals surface area (Å²) in [5.41, 5.74) is 3.19. The van der Waals surface area contributed by atoms with Gasteiger partial charge in [0.05, 0.1) is 11.4 Å². The number of fused-ring (bicyclic) bond motifs is 2. The smallest absolute Gasteiger partial charge is 0.124 e. The predicted octanol–water partition coefficient (Wildman–Crippen LogP) is 9.79. The molecule has 0 unspecified atom stereocenters. The van der Waals surface area contributed by atoms with E-state index in [1.165, 1.54) is 0 Å². The van der Waals surface area contributed by atoms with Crippen molar-refractivity contribution in [2.75, 3.05) is 11.5 Å².